The second kappa shape index (κ2) is 11.0. The standard InChI is InChI=1S/C22H23FN4O4/c23-13-19(20-12-11-18(25-26-24)21(28)31-20)27(14-16-7-3-1-4-8-16)22(29)30-15-17-9-5-2-6-10-17/h1-10,18-20H,11-15H2/t18?,19-,20+/m1/s1. The molecule has 2 aromatic carbocycles. The Labute approximate surface area is 179 Å². The van der Waals surface area contributed by atoms with Crippen LogP contribution in [0.3, 0.4) is 0 Å². The molecule has 3 atom stereocenters. The lowest BCUT2D eigenvalue weighted by atomic mass is 9.98. The Kier molecular flexibility index (Phi) is 7.84. The van der Waals surface area contributed by atoms with Gasteiger partial charge < -0.3 is 9.47 Å². The quantitative estimate of drug-likeness (QED) is 0.267. The monoisotopic (exact) mass is 426 g/mol. The summed E-state index contributed by atoms with van der Waals surface area (Å²) in [5.74, 6) is -0.718. The second-order valence-electron chi connectivity index (χ2n) is 7.15. The molecule has 1 heterocycles. The summed E-state index contributed by atoms with van der Waals surface area (Å²) < 4.78 is 24.9. The average Bonchev–Trinajstić information content (AvgIpc) is 2.80. The predicted molar refractivity (Wildman–Crippen MR) is 110 cm³/mol. The highest BCUT2D eigenvalue weighted by molar-refractivity contribution is 5.77. The molecule has 0 N–H and O–H groups in total. The van der Waals surface area contributed by atoms with Crippen LogP contribution < -0.4 is 0 Å². The van der Waals surface area contributed by atoms with Crippen LogP contribution >= 0.6 is 0 Å². The average molecular weight is 426 g/mol. The van der Waals surface area contributed by atoms with Crippen molar-refractivity contribution in [3.05, 3.63) is 82.2 Å². The molecule has 1 aliphatic rings. The number of nitrogens with zero attached hydrogens (tertiary/aromatic N) is 4. The number of alkyl halides is 1. The van der Waals surface area contributed by atoms with Crippen molar-refractivity contribution in [1.82, 2.24) is 4.90 Å². The van der Waals surface area contributed by atoms with E-state index in [2.05, 4.69) is 10.0 Å². The zero-order valence-electron chi connectivity index (χ0n) is 16.8. The molecule has 0 aliphatic carbocycles. The van der Waals surface area contributed by atoms with Crippen LogP contribution in [0.15, 0.2) is 65.8 Å². The van der Waals surface area contributed by atoms with Gasteiger partial charge in [0.15, 0.2) is 0 Å². The number of rotatable bonds is 8. The van der Waals surface area contributed by atoms with E-state index in [-0.39, 0.29) is 26.0 Å². The molecule has 3 rings (SSSR count). The van der Waals surface area contributed by atoms with Crippen LogP contribution in [-0.4, -0.2) is 41.8 Å². The normalized spacial score (nSPS) is 18.9. The maximum atomic E-state index is 14.2. The summed E-state index contributed by atoms with van der Waals surface area (Å²) in [6.45, 7) is -0.790. The summed E-state index contributed by atoms with van der Waals surface area (Å²) in [4.78, 5) is 29.0. The van der Waals surface area contributed by atoms with E-state index >= 15 is 0 Å². The Balaban J connectivity index is 1.77. The third kappa shape index (κ3) is 5.96. The minimum atomic E-state index is -1.03. The fraction of sp³-hybridized carbons (Fsp3) is 0.364. The number of esters is 1. The highest BCUT2D eigenvalue weighted by atomic mass is 19.1. The van der Waals surface area contributed by atoms with E-state index in [1.807, 2.05) is 60.7 Å². The molecule has 1 fully saturated rings. The fourth-order valence-corrected chi connectivity index (χ4v) is 3.45. The summed E-state index contributed by atoms with van der Waals surface area (Å²) in [6, 6.07) is 16.3. The van der Waals surface area contributed by atoms with Crippen molar-refractivity contribution < 1.29 is 23.5 Å². The van der Waals surface area contributed by atoms with Gasteiger partial charge in [0.05, 0.1) is 0 Å². The van der Waals surface area contributed by atoms with Gasteiger partial charge in [0, 0.05) is 11.5 Å². The van der Waals surface area contributed by atoms with E-state index in [1.165, 1.54) is 4.90 Å². The highest BCUT2D eigenvalue weighted by Crippen LogP contribution is 2.25. The first-order valence-corrected chi connectivity index (χ1v) is 9.94. The summed E-state index contributed by atoms with van der Waals surface area (Å²) >= 11 is 0. The first kappa shape index (κ1) is 22.1. The molecule has 0 radical (unpaired) electrons. The molecule has 1 unspecified atom stereocenters. The lowest BCUT2D eigenvalue weighted by Gasteiger charge is -2.37. The summed E-state index contributed by atoms with van der Waals surface area (Å²) in [5.41, 5.74) is 10.1. The number of amides is 1. The number of carbonyl (C=O) groups is 2. The van der Waals surface area contributed by atoms with Crippen molar-refractivity contribution >= 4 is 12.1 Å². The largest absolute Gasteiger partial charge is 0.460 e. The topological polar surface area (TPSA) is 105 Å². The molecule has 1 saturated heterocycles. The summed E-state index contributed by atoms with van der Waals surface area (Å²) in [7, 11) is 0. The van der Waals surface area contributed by atoms with E-state index in [0.29, 0.717) is 0 Å². The van der Waals surface area contributed by atoms with E-state index in [0.717, 1.165) is 11.1 Å². The molecule has 0 bridgehead atoms. The number of halogens is 1. The van der Waals surface area contributed by atoms with Gasteiger partial charge in [0.2, 0.25) is 0 Å². The Morgan fingerprint density at radius 3 is 2.39 bits per heavy atom. The fourth-order valence-electron chi connectivity index (χ4n) is 3.45. The van der Waals surface area contributed by atoms with Gasteiger partial charge in [-0.15, -0.1) is 0 Å². The number of benzene rings is 2. The maximum absolute atomic E-state index is 14.2. The van der Waals surface area contributed by atoms with Crippen LogP contribution in [0.5, 0.6) is 0 Å². The molecular formula is C22H23FN4O4. The lowest BCUT2D eigenvalue weighted by Crippen LogP contribution is -2.52. The van der Waals surface area contributed by atoms with Gasteiger partial charge in [-0.25, -0.2) is 9.18 Å². The predicted octanol–water partition coefficient (Wildman–Crippen LogP) is 4.55. The smallest absolute Gasteiger partial charge is 0.410 e. The Morgan fingerprint density at radius 1 is 1.16 bits per heavy atom. The number of ether oxygens (including phenoxy) is 2. The van der Waals surface area contributed by atoms with E-state index in [9.17, 15) is 14.0 Å². The van der Waals surface area contributed by atoms with Crippen molar-refractivity contribution in [3.8, 4) is 0 Å². The molecule has 2 aromatic rings. The number of carbonyl (C=O) groups excluding carboxylic acids is 2. The third-order valence-electron chi connectivity index (χ3n) is 5.08. The zero-order valence-corrected chi connectivity index (χ0v) is 16.8. The number of hydrogen-bond acceptors (Lipinski definition) is 5. The van der Waals surface area contributed by atoms with E-state index in [4.69, 9.17) is 15.0 Å². The molecule has 31 heavy (non-hydrogen) atoms. The van der Waals surface area contributed by atoms with Crippen molar-refractivity contribution in [2.75, 3.05) is 6.67 Å². The molecule has 9 heteroatoms. The molecule has 0 saturated carbocycles. The van der Waals surface area contributed by atoms with Crippen molar-refractivity contribution in [2.24, 2.45) is 5.11 Å². The summed E-state index contributed by atoms with van der Waals surface area (Å²) in [5, 5.41) is 3.40. The third-order valence-corrected chi connectivity index (χ3v) is 5.08. The van der Waals surface area contributed by atoms with Crippen molar-refractivity contribution in [1.29, 1.82) is 0 Å². The van der Waals surface area contributed by atoms with Crippen LogP contribution in [0.4, 0.5) is 9.18 Å². The van der Waals surface area contributed by atoms with Gasteiger partial charge in [-0.1, -0.05) is 65.8 Å². The van der Waals surface area contributed by atoms with Crippen molar-refractivity contribution in [2.45, 2.75) is 44.2 Å². The number of azide groups is 1. The molecule has 0 spiro atoms. The van der Waals surface area contributed by atoms with Gasteiger partial charge in [-0.3, -0.25) is 9.69 Å². The molecule has 1 aliphatic heterocycles. The lowest BCUT2D eigenvalue weighted by molar-refractivity contribution is -0.160. The van der Waals surface area contributed by atoms with Gasteiger partial charge in [0.1, 0.15) is 31.5 Å². The van der Waals surface area contributed by atoms with Gasteiger partial charge in [-0.2, -0.15) is 0 Å². The molecular weight excluding hydrogens is 403 g/mol. The molecule has 1 amide bonds. The highest BCUT2D eigenvalue weighted by Gasteiger charge is 2.39. The van der Waals surface area contributed by atoms with Crippen LogP contribution in [0, 0.1) is 0 Å². The first-order valence-electron chi connectivity index (χ1n) is 9.94. The minimum Gasteiger partial charge on any atom is -0.460 e. The Bertz CT molecular complexity index is 922. The Hall–Kier alpha value is -3.58. The molecule has 0 aromatic heterocycles. The molecule has 162 valence electrons. The van der Waals surface area contributed by atoms with Gasteiger partial charge in [-0.05, 0) is 29.5 Å². The SMILES string of the molecule is [N-]=[N+]=NC1CC[C@@H]([C@@H](CF)N(Cc2ccccc2)C(=O)OCc2ccccc2)OC1=O. The minimum absolute atomic E-state index is 0.0351. The Morgan fingerprint density at radius 2 is 1.81 bits per heavy atom. The van der Waals surface area contributed by atoms with Gasteiger partial charge in [0.25, 0.3) is 0 Å². The van der Waals surface area contributed by atoms with Crippen LogP contribution in [0.2, 0.25) is 0 Å². The van der Waals surface area contributed by atoms with E-state index in [1.54, 1.807) is 0 Å². The number of cyclic esters (lactones) is 1. The van der Waals surface area contributed by atoms with Crippen LogP contribution in [0.25, 0.3) is 10.4 Å². The second-order valence-corrected chi connectivity index (χ2v) is 7.15. The number of hydrogen-bond donors (Lipinski definition) is 0. The first-order chi connectivity index (χ1) is 15.1. The maximum Gasteiger partial charge on any atom is 0.410 e. The molecule has 8 nitrogen and oxygen atoms in total. The van der Waals surface area contributed by atoms with Crippen LogP contribution in [0.1, 0.15) is 24.0 Å². The summed E-state index contributed by atoms with van der Waals surface area (Å²) in [6.07, 6.45) is -1.08. The van der Waals surface area contributed by atoms with Gasteiger partial charge >= 0.3 is 12.1 Å². The zero-order chi connectivity index (χ0) is 22.1. The van der Waals surface area contributed by atoms with Crippen molar-refractivity contribution in [3.63, 3.8) is 0 Å². The van der Waals surface area contributed by atoms with E-state index < -0.39 is 36.9 Å². The van der Waals surface area contributed by atoms with Crippen LogP contribution in [-0.2, 0) is 27.4 Å².